The maximum Gasteiger partial charge on any atom is 0.137 e. The number of benzene rings is 2. The number of aryl methyl sites for hydroxylation is 1. The zero-order valence-corrected chi connectivity index (χ0v) is 13.0. The number of nitrogens with two attached hydrogens (primary N) is 1. The second-order valence-electron chi connectivity index (χ2n) is 4.16. The van der Waals surface area contributed by atoms with E-state index < -0.39 is 0 Å². The number of rotatable bonds is 3. The molecule has 0 unspecified atom stereocenters. The van der Waals surface area contributed by atoms with E-state index >= 15 is 0 Å². The highest BCUT2D eigenvalue weighted by Gasteiger charge is 2.06. The molecule has 0 saturated carbocycles. The van der Waals surface area contributed by atoms with E-state index in [9.17, 15) is 0 Å². The highest BCUT2D eigenvalue weighted by atomic mass is 79.9. The van der Waals surface area contributed by atoms with E-state index in [4.69, 9.17) is 22.1 Å². The number of methoxy groups -OCH3 is 1. The van der Waals surface area contributed by atoms with Gasteiger partial charge in [-0.2, -0.15) is 0 Å². The summed E-state index contributed by atoms with van der Waals surface area (Å²) < 4.78 is 6.03. The van der Waals surface area contributed by atoms with E-state index in [2.05, 4.69) is 21.2 Å². The summed E-state index contributed by atoms with van der Waals surface area (Å²) in [5.74, 6) is 0.653. The van der Waals surface area contributed by atoms with Crippen LogP contribution >= 0.6 is 27.5 Å². The van der Waals surface area contributed by atoms with Crippen molar-refractivity contribution in [2.45, 2.75) is 6.92 Å². The largest absolute Gasteiger partial charge is 0.495 e. The van der Waals surface area contributed by atoms with Gasteiger partial charge in [0.15, 0.2) is 0 Å². The van der Waals surface area contributed by atoms with Crippen molar-refractivity contribution in [3.63, 3.8) is 0 Å². The second-order valence-corrected chi connectivity index (χ2v) is 5.42. The zero-order chi connectivity index (χ0) is 14.0. The Bertz CT molecular complexity index is 617. The summed E-state index contributed by atoms with van der Waals surface area (Å²) in [5, 5.41) is 3.86. The lowest BCUT2D eigenvalue weighted by molar-refractivity contribution is 0.415. The van der Waals surface area contributed by atoms with E-state index in [1.807, 2.05) is 37.3 Å². The summed E-state index contributed by atoms with van der Waals surface area (Å²) in [5.41, 5.74) is 9.45. The van der Waals surface area contributed by atoms with Gasteiger partial charge in [-0.1, -0.05) is 11.6 Å². The molecule has 5 heteroatoms. The smallest absolute Gasteiger partial charge is 0.137 e. The van der Waals surface area contributed by atoms with Gasteiger partial charge < -0.3 is 15.8 Å². The van der Waals surface area contributed by atoms with Crippen LogP contribution in [-0.4, -0.2) is 7.11 Å². The molecule has 19 heavy (non-hydrogen) atoms. The Labute approximate surface area is 125 Å². The van der Waals surface area contributed by atoms with Gasteiger partial charge in [0, 0.05) is 15.8 Å². The molecule has 2 rings (SSSR count). The molecular weight excluding hydrogens is 328 g/mol. The van der Waals surface area contributed by atoms with Gasteiger partial charge in [0.1, 0.15) is 5.75 Å². The van der Waals surface area contributed by atoms with E-state index in [-0.39, 0.29) is 0 Å². The molecule has 0 aromatic heterocycles. The van der Waals surface area contributed by atoms with Crippen LogP contribution in [0.25, 0.3) is 0 Å². The first-order chi connectivity index (χ1) is 9.01. The van der Waals surface area contributed by atoms with Crippen LogP contribution < -0.4 is 15.8 Å². The molecule has 0 radical (unpaired) electrons. The van der Waals surface area contributed by atoms with Gasteiger partial charge >= 0.3 is 0 Å². The molecule has 0 spiro atoms. The van der Waals surface area contributed by atoms with Crippen LogP contribution in [0, 0.1) is 6.92 Å². The molecule has 0 fully saturated rings. The van der Waals surface area contributed by atoms with Gasteiger partial charge in [-0.15, -0.1) is 0 Å². The summed E-state index contributed by atoms with van der Waals surface area (Å²) >= 11 is 9.58. The third-order valence-corrected chi connectivity index (χ3v) is 3.74. The van der Waals surface area contributed by atoms with Crippen molar-refractivity contribution in [2.24, 2.45) is 0 Å². The van der Waals surface area contributed by atoms with Crippen molar-refractivity contribution in [3.05, 3.63) is 45.4 Å². The summed E-state index contributed by atoms with van der Waals surface area (Å²) in [4.78, 5) is 0. The number of halogens is 2. The summed E-state index contributed by atoms with van der Waals surface area (Å²) in [7, 11) is 1.59. The van der Waals surface area contributed by atoms with Crippen LogP contribution in [0.4, 0.5) is 17.1 Å². The average molecular weight is 342 g/mol. The summed E-state index contributed by atoms with van der Waals surface area (Å²) in [6.07, 6.45) is 0. The average Bonchev–Trinajstić information content (AvgIpc) is 2.36. The molecule has 0 atom stereocenters. The minimum atomic E-state index is 0.566. The zero-order valence-electron chi connectivity index (χ0n) is 10.6. The SMILES string of the molecule is COc1ccc(Nc2cc(C)c(N)cc2Br)cc1Cl. The molecule has 2 aromatic carbocycles. The monoisotopic (exact) mass is 340 g/mol. The van der Waals surface area contributed by atoms with Crippen LogP contribution in [-0.2, 0) is 0 Å². The van der Waals surface area contributed by atoms with Crippen LogP contribution in [0.3, 0.4) is 0 Å². The molecule has 0 saturated heterocycles. The quantitative estimate of drug-likeness (QED) is 0.792. The van der Waals surface area contributed by atoms with Crippen LogP contribution in [0.15, 0.2) is 34.8 Å². The van der Waals surface area contributed by atoms with Crippen molar-refractivity contribution < 1.29 is 4.74 Å². The van der Waals surface area contributed by atoms with Crippen molar-refractivity contribution in [1.82, 2.24) is 0 Å². The lowest BCUT2D eigenvalue weighted by Crippen LogP contribution is -1.96. The molecule has 0 aliphatic heterocycles. The first kappa shape index (κ1) is 14.0. The van der Waals surface area contributed by atoms with Crippen LogP contribution in [0.2, 0.25) is 5.02 Å². The predicted molar refractivity (Wildman–Crippen MR) is 84.6 cm³/mol. The van der Waals surface area contributed by atoms with Gasteiger partial charge in [0.05, 0.1) is 17.8 Å². The highest BCUT2D eigenvalue weighted by molar-refractivity contribution is 9.10. The highest BCUT2D eigenvalue weighted by Crippen LogP contribution is 2.33. The third kappa shape index (κ3) is 3.14. The standard InChI is InChI=1S/C14H14BrClN2O/c1-8-5-13(10(15)7-12(8)17)18-9-3-4-14(19-2)11(16)6-9/h3-7,18H,17H2,1-2H3. The van der Waals surface area contributed by atoms with E-state index in [1.165, 1.54) is 0 Å². The summed E-state index contributed by atoms with van der Waals surface area (Å²) in [6, 6.07) is 9.41. The number of nitrogens with one attached hydrogen (secondary N) is 1. The molecule has 0 bridgehead atoms. The Balaban J connectivity index is 2.31. The first-order valence-electron chi connectivity index (χ1n) is 5.67. The minimum absolute atomic E-state index is 0.566. The molecule has 0 aliphatic carbocycles. The van der Waals surface area contributed by atoms with Crippen LogP contribution in [0.1, 0.15) is 5.56 Å². The van der Waals surface area contributed by atoms with E-state index in [0.717, 1.165) is 27.1 Å². The summed E-state index contributed by atoms with van der Waals surface area (Å²) in [6.45, 7) is 1.97. The molecule has 100 valence electrons. The number of nitrogen functional groups attached to an aromatic ring is 1. The fourth-order valence-electron chi connectivity index (χ4n) is 1.69. The Kier molecular flexibility index (Phi) is 4.22. The predicted octanol–water partition coefficient (Wildman–Crippen LogP) is 4.75. The van der Waals surface area contributed by atoms with Gasteiger partial charge in [0.25, 0.3) is 0 Å². The minimum Gasteiger partial charge on any atom is -0.495 e. The maximum atomic E-state index is 6.10. The maximum absolute atomic E-state index is 6.10. The lowest BCUT2D eigenvalue weighted by atomic mass is 10.2. The number of hydrogen-bond donors (Lipinski definition) is 2. The van der Waals surface area contributed by atoms with E-state index in [1.54, 1.807) is 7.11 Å². The molecular formula is C14H14BrClN2O. The number of anilines is 3. The topological polar surface area (TPSA) is 47.3 Å². The molecule has 0 aliphatic rings. The normalized spacial score (nSPS) is 10.3. The van der Waals surface area contributed by atoms with Gasteiger partial charge in [-0.05, 0) is 58.7 Å². The van der Waals surface area contributed by atoms with Crippen molar-refractivity contribution >= 4 is 44.6 Å². The van der Waals surface area contributed by atoms with Crippen LogP contribution in [0.5, 0.6) is 5.75 Å². The van der Waals surface area contributed by atoms with Gasteiger partial charge in [0.2, 0.25) is 0 Å². The second kappa shape index (κ2) is 5.72. The third-order valence-electron chi connectivity index (χ3n) is 2.79. The Hall–Kier alpha value is -1.39. The number of ether oxygens (including phenoxy) is 1. The molecule has 0 amide bonds. The molecule has 3 nitrogen and oxygen atoms in total. The Morgan fingerprint density at radius 1 is 1.26 bits per heavy atom. The van der Waals surface area contributed by atoms with E-state index in [0.29, 0.717) is 10.8 Å². The number of hydrogen-bond acceptors (Lipinski definition) is 3. The van der Waals surface area contributed by atoms with Gasteiger partial charge in [-0.25, -0.2) is 0 Å². The lowest BCUT2D eigenvalue weighted by Gasteiger charge is -2.12. The fourth-order valence-corrected chi connectivity index (χ4v) is 2.41. The van der Waals surface area contributed by atoms with Gasteiger partial charge in [-0.3, -0.25) is 0 Å². The van der Waals surface area contributed by atoms with Crippen molar-refractivity contribution in [1.29, 1.82) is 0 Å². The first-order valence-corrected chi connectivity index (χ1v) is 6.84. The molecule has 3 N–H and O–H groups in total. The van der Waals surface area contributed by atoms with Crippen molar-refractivity contribution in [2.75, 3.05) is 18.2 Å². The van der Waals surface area contributed by atoms with Crippen molar-refractivity contribution in [3.8, 4) is 5.75 Å². The fraction of sp³-hybridized carbons (Fsp3) is 0.143. The molecule has 0 heterocycles. The Morgan fingerprint density at radius 3 is 2.63 bits per heavy atom. The molecule has 2 aromatic rings. The Morgan fingerprint density at radius 2 is 2.00 bits per heavy atom.